The summed E-state index contributed by atoms with van der Waals surface area (Å²) < 4.78 is 0. The van der Waals surface area contributed by atoms with Crippen molar-refractivity contribution >= 4 is 40.4 Å². The van der Waals surface area contributed by atoms with E-state index in [1.165, 1.54) is 11.3 Å². The number of hydrogen-bond acceptors (Lipinski definition) is 5. The van der Waals surface area contributed by atoms with Gasteiger partial charge in [0.25, 0.3) is 5.91 Å². The number of nitrogens with zero attached hydrogens (tertiary/aromatic N) is 3. The maximum Gasteiger partial charge on any atom is 0.254 e. The SMILES string of the molecule is Cc1ccc(Cl)cc1N1CCN(CCCNC(=O)[C@H]2c3ccccc3C(=O)N(CC(C)C)[C@H]2c2cccs2)CC1. The van der Waals surface area contributed by atoms with Crippen molar-refractivity contribution in [3.63, 3.8) is 0 Å². The van der Waals surface area contributed by atoms with E-state index in [1.54, 1.807) is 11.3 Å². The fourth-order valence-electron chi connectivity index (χ4n) is 6.01. The van der Waals surface area contributed by atoms with E-state index in [2.05, 4.69) is 54.1 Å². The Kier molecular flexibility index (Phi) is 9.13. The topological polar surface area (TPSA) is 55.9 Å². The Bertz CT molecular complexity index is 1320. The maximum absolute atomic E-state index is 13.8. The van der Waals surface area contributed by atoms with Gasteiger partial charge in [0.15, 0.2) is 0 Å². The molecule has 0 radical (unpaired) electrons. The van der Waals surface area contributed by atoms with Crippen molar-refractivity contribution in [2.75, 3.05) is 50.7 Å². The van der Waals surface area contributed by atoms with Crippen LogP contribution in [0.3, 0.4) is 0 Å². The number of halogens is 1. The van der Waals surface area contributed by atoms with Gasteiger partial charge in [-0.2, -0.15) is 0 Å². The minimum Gasteiger partial charge on any atom is -0.369 e. The van der Waals surface area contributed by atoms with E-state index in [0.29, 0.717) is 24.6 Å². The molecule has 0 unspecified atom stereocenters. The molecule has 8 heteroatoms. The van der Waals surface area contributed by atoms with Crippen LogP contribution in [-0.4, -0.2) is 67.4 Å². The zero-order valence-corrected chi connectivity index (χ0v) is 25.2. The highest BCUT2D eigenvalue weighted by Gasteiger charge is 2.44. The Morgan fingerprint density at radius 2 is 1.85 bits per heavy atom. The third-order valence-corrected chi connectivity index (χ3v) is 9.13. The first kappa shape index (κ1) is 28.7. The highest BCUT2D eigenvalue weighted by molar-refractivity contribution is 7.10. The highest BCUT2D eigenvalue weighted by Crippen LogP contribution is 2.44. The summed E-state index contributed by atoms with van der Waals surface area (Å²) in [6, 6.07) is 17.5. The molecule has 1 aromatic heterocycles. The van der Waals surface area contributed by atoms with E-state index in [4.69, 9.17) is 11.6 Å². The monoisotopic (exact) mass is 578 g/mol. The molecule has 2 atom stereocenters. The molecule has 0 saturated carbocycles. The molecular weight excluding hydrogens is 540 g/mol. The van der Waals surface area contributed by atoms with E-state index in [9.17, 15) is 9.59 Å². The van der Waals surface area contributed by atoms with Gasteiger partial charge in [0.1, 0.15) is 0 Å². The summed E-state index contributed by atoms with van der Waals surface area (Å²) >= 11 is 7.86. The smallest absolute Gasteiger partial charge is 0.254 e. The third kappa shape index (κ3) is 6.22. The number of nitrogens with one attached hydrogen (secondary N) is 1. The molecule has 0 spiro atoms. The maximum atomic E-state index is 13.8. The zero-order chi connectivity index (χ0) is 28.2. The van der Waals surface area contributed by atoms with Crippen LogP contribution in [0.2, 0.25) is 5.02 Å². The summed E-state index contributed by atoms with van der Waals surface area (Å²) in [7, 11) is 0. The Labute approximate surface area is 246 Å². The van der Waals surface area contributed by atoms with Crippen molar-refractivity contribution in [2.45, 2.75) is 39.2 Å². The van der Waals surface area contributed by atoms with E-state index in [1.807, 2.05) is 46.7 Å². The van der Waals surface area contributed by atoms with Crippen molar-refractivity contribution in [1.29, 1.82) is 0 Å². The molecule has 2 aromatic carbocycles. The normalized spacial score (nSPS) is 19.7. The van der Waals surface area contributed by atoms with Crippen LogP contribution in [0.15, 0.2) is 60.0 Å². The summed E-state index contributed by atoms with van der Waals surface area (Å²) in [5, 5.41) is 6.04. The van der Waals surface area contributed by atoms with Gasteiger partial charge in [0.05, 0.1) is 12.0 Å². The Balaban J connectivity index is 1.22. The second-order valence-corrected chi connectivity index (χ2v) is 12.7. The summed E-state index contributed by atoms with van der Waals surface area (Å²) in [6.45, 7) is 12.4. The molecule has 1 N–H and O–H groups in total. The molecule has 0 bridgehead atoms. The number of aryl methyl sites for hydroxylation is 1. The molecule has 40 heavy (non-hydrogen) atoms. The Hall–Kier alpha value is -2.87. The summed E-state index contributed by atoms with van der Waals surface area (Å²) in [5.41, 5.74) is 3.94. The van der Waals surface area contributed by atoms with Crippen LogP contribution in [0, 0.1) is 12.8 Å². The molecule has 2 aliphatic rings. The number of hydrogen-bond donors (Lipinski definition) is 1. The standard InChI is InChI=1S/C32H39ClN4O2S/c1-22(2)21-37-30(28-10-6-19-40-28)29(25-8-4-5-9-26(25)32(37)39)31(38)34-13-7-14-35-15-17-36(18-16-35)27-20-24(33)12-11-23(27)3/h4-6,8-12,19-20,22,29-30H,7,13-18,21H2,1-3H3,(H,34,38)/t29-,30-/m0/s1. The van der Waals surface area contributed by atoms with Crippen molar-refractivity contribution in [1.82, 2.24) is 15.1 Å². The lowest BCUT2D eigenvalue weighted by Gasteiger charge is -2.42. The number of carbonyl (C=O) groups is 2. The van der Waals surface area contributed by atoms with E-state index < -0.39 is 5.92 Å². The lowest BCUT2D eigenvalue weighted by Crippen LogP contribution is -2.49. The van der Waals surface area contributed by atoms with Gasteiger partial charge in [-0.1, -0.05) is 55.8 Å². The quantitative estimate of drug-likeness (QED) is 0.318. The minimum atomic E-state index is -0.434. The molecule has 5 rings (SSSR count). The Morgan fingerprint density at radius 1 is 1.07 bits per heavy atom. The lowest BCUT2D eigenvalue weighted by molar-refractivity contribution is -0.124. The average molecular weight is 579 g/mol. The number of fused-ring (bicyclic) bond motifs is 1. The van der Waals surface area contributed by atoms with Crippen LogP contribution in [0.1, 0.15) is 58.6 Å². The number of rotatable bonds is 9. The molecule has 212 valence electrons. The predicted octanol–water partition coefficient (Wildman–Crippen LogP) is 5.98. The van der Waals surface area contributed by atoms with Crippen LogP contribution in [0.4, 0.5) is 5.69 Å². The number of benzene rings is 2. The van der Waals surface area contributed by atoms with Gasteiger partial charge in [-0.05, 0) is 66.6 Å². The summed E-state index contributed by atoms with van der Waals surface area (Å²) in [6.07, 6.45) is 0.884. The molecule has 3 aromatic rings. The van der Waals surface area contributed by atoms with E-state index in [0.717, 1.165) is 54.6 Å². The molecule has 2 aliphatic heterocycles. The largest absolute Gasteiger partial charge is 0.369 e. The third-order valence-electron chi connectivity index (χ3n) is 7.95. The minimum absolute atomic E-state index is 0.00615. The second-order valence-electron chi connectivity index (χ2n) is 11.3. The summed E-state index contributed by atoms with van der Waals surface area (Å²) in [5.74, 6) is -0.133. The van der Waals surface area contributed by atoms with Crippen LogP contribution in [0.5, 0.6) is 0 Å². The van der Waals surface area contributed by atoms with Crippen molar-refractivity contribution in [3.8, 4) is 0 Å². The average Bonchev–Trinajstić information content (AvgIpc) is 3.48. The lowest BCUT2D eigenvalue weighted by atomic mass is 9.81. The molecule has 2 amide bonds. The van der Waals surface area contributed by atoms with E-state index in [-0.39, 0.29) is 17.9 Å². The number of thiophene rings is 1. The zero-order valence-electron chi connectivity index (χ0n) is 23.6. The van der Waals surface area contributed by atoms with Gasteiger partial charge < -0.3 is 15.1 Å². The van der Waals surface area contributed by atoms with E-state index >= 15 is 0 Å². The van der Waals surface area contributed by atoms with Crippen LogP contribution in [-0.2, 0) is 4.79 Å². The van der Waals surface area contributed by atoms with Gasteiger partial charge in [0.2, 0.25) is 5.91 Å². The predicted molar refractivity (Wildman–Crippen MR) is 165 cm³/mol. The molecule has 3 heterocycles. The molecule has 0 aliphatic carbocycles. The second kappa shape index (κ2) is 12.8. The van der Waals surface area contributed by atoms with Crippen molar-refractivity contribution in [3.05, 3.63) is 86.6 Å². The Morgan fingerprint density at radius 3 is 2.58 bits per heavy atom. The van der Waals surface area contributed by atoms with Gasteiger partial charge >= 0.3 is 0 Å². The number of anilines is 1. The van der Waals surface area contributed by atoms with Crippen molar-refractivity contribution < 1.29 is 9.59 Å². The number of piperazine rings is 1. The summed E-state index contributed by atoms with van der Waals surface area (Å²) in [4.78, 5) is 35.3. The first-order chi connectivity index (χ1) is 19.3. The molecule has 1 fully saturated rings. The van der Waals surface area contributed by atoms with Crippen LogP contribution >= 0.6 is 22.9 Å². The fraction of sp³-hybridized carbons (Fsp3) is 0.438. The molecule has 1 saturated heterocycles. The van der Waals surface area contributed by atoms with Gasteiger partial charge in [-0.15, -0.1) is 11.3 Å². The number of carbonyl (C=O) groups excluding carboxylic acids is 2. The number of amides is 2. The van der Waals surface area contributed by atoms with Crippen LogP contribution < -0.4 is 10.2 Å². The molecule has 6 nitrogen and oxygen atoms in total. The molecular formula is C32H39ClN4O2S. The van der Waals surface area contributed by atoms with Gasteiger partial charge in [0, 0.05) is 60.4 Å². The highest BCUT2D eigenvalue weighted by atomic mass is 35.5. The first-order valence-electron chi connectivity index (χ1n) is 14.3. The first-order valence-corrected chi connectivity index (χ1v) is 15.5. The van der Waals surface area contributed by atoms with Gasteiger partial charge in [-0.25, -0.2) is 0 Å². The van der Waals surface area contributed by atoms with Crippen molar-refractivity contribution in [2.24, 2.45) is 5.92 Å². The van der Waals surface area contributed by atoms with Crippen LogP contribution in [0.25, 0.3) is 0 Å². The fourth-order valence-corrected chi connectivity index (χ4v) is 7.05. The van der Waals surface area contributed by atoms with Gasteiger partial charge in [-0.3, -0.25) is 14.5 Å².